The Morgan fingerprint density at radius 1 is 1.11 bits per heavy atom. The van der Waals surface area contributed by atoms with Crippen LogP contribution in [-0.4, -0.2) is 22.8 Å². The van der Waals surface area contributed by atoms with Crippen LogP contribution >= 0.6 is 35.3 Å². The summed E-state index contributed by atoms with van der Waals surface area (Å²) in [7, 11) is 0. The molecular weight excluding hydrogens is 519 g/mol. The molecule has 2 aromatic carbocycles. The van der Waals surface area contributed by atoms with Gasteiger partial charge in [0, 0.05) is 0 Å². The third-order valence-corrected chi connectivity index (χ3v) is 6.87. The first-order valence-corrected chi connectivity index (χ1v) is 12.3. The van der Waals surface area contributed by atoms with Crippen molar-refractivity contribution < 1.29 is 32.2 Å². The molecule has 11 heteroatoms. The minimum atomic E-state index is -4.55. The Morgan fingerprint density at radius 2 is 1.91 bits per heavy atom. The maximum absolute atomic E-state index is 13.1. The van der Waals surface area contributed by atoms with Crippen molar-refractivity contribution in [1.82, 2.24) is 0 Å². The highest BCUT2D eigenvalue weighted by Gasteiger charge is 2.36. The van der Waals surface area contributed by atoms with E-state index in [1.54, 1.807) is 48.7 Å². The molecular formula is C24H16F3NO4S3. The van der Waals surface area contributed by atoms with Crippen LogP contribution < -0.4 is 14.4 Å². The first-order chi connectivity index (χ1) is 16.7. The second-order valence-electron chi connectivity index (χ2n) is 7.07. The zero-order chi connectivity index (χ0) is 25.2. The number of rotatable bonds is 6. The number of alkyl halides is 3. The molecule has 1 aromatic heterocycles. The first-order valence-electron chi connectivity index (χ1n) is 10.1. The SMILES string of the molecule is CCOc1cc(/C=C2/SC(=S)N(c3cccc(C(F)(F)F)c3)C2=O)ccc1OC(=O)c1cccs1. The van der Waals surface area contributed by atoms with Crippen molar-refractivity contribution in [3.05, 3.63) is 80.9 Å². The van der Waals surface area contributed by atoms with Crippen LogP contribution in [0.2, 0.25) is 0 Å². The number of thiophene rings is 1. The van der Waals surface area contributed by atoms with Crippen LogP contribution in [0.15, 0.2) is 64.9 Å². The highest BCUT2D eigenvalue weighted by molar-refractivity contribution is 8.27. The molecule has 1 aliphatic heterocycles. The average Bonchev–Trinajstić information content (AvgIpc) is 3.44. The van der Waals surface area contributed by atoms with Gasteiger partial charge >= 0.3 is 12.1 Å². The van der Waals surface area contributed by atoms with Gasteiger partial charge in [-0.15, -0.1) is 11.3 Å². The topological polar surface area (TPSA) is 55.8 Å². The van der Waals surface area contributed by atoms with E-state index in [1.807, 2.05) is 0 Å². The van der Waals surface area contributed by atoms with Crippen molar-refractivity contribution in [3.63, 3.8) is 0 Å². The quantitative estimate of drug-likeness (QED) is 0.150. The molecule has 0 N–H and O–H groups in total. The zero-order valence-corrected chi connectivity index (χ0v) is 20.4. The number of amides is 1. The van der Waals surface area contributed by atoms with Crippen LogP contribution in [0.1, 0.15) is 27.7 Å². The van der Waals surface area contributed by atoms with Gasteiger partial charge in [-0.2, -0.15) is 13.2 Å². The smallest absolute Gasteiger partial charge is 0.416 e. The molecule has 35 heavy (non-hydrogen) atoms. The fourth-order valence-corrected chi connectivity index (χ4v) is 5.07. The number of carbonyl (C=O) groups excluding carboxylic acids is 2. The summed E-state index contributed by atoms with van der Waals surface area (Å²) in [6.07, 6.45) is -2.99. The van der Waals surface area contributed by atoms with Gasteiger partial charge in [-0.3, -0.25) is 9.69 Å². The fraction of sp³-hybridized carbons (Fsp3) is 0.125. The Morgan fingerprint density at radius 3 is 2.60 bits per heavy atom. The van der Waals surface area contributed by atoms with E-state index >= 15 is 0 Å². The molecule has 0 spiro atoms. The molecule has 1 saturated heterocycles. The molecule has 4 rings (SSSR count). The molecule has 2 heterocycles. The number of hydrogen-bond acceptors (Lipinski definition) is 7. The second kappa shape index (κ2) is 10.2. The number of nitrogens with zero attached hydrogens (tertiary/aromatic N) is 1. The highest BCUT2D eigenvalue weighted by Crippen LogP contribution is 2.39. The molecule has 0 atom stereocenters. The van der Waals surface area contributed by atoms with Gasteiger partial charge in [-0.25, -0.2) is 4.79 Å². The molecule has 1 fully saturated rings. The van der Waals surface area contributed by atoms with Crippen LogP contribution in [0.25, 0.3) is 6.08 Å². The molecule has 0 saturated carbocycles. The maximum Gasteiger partial charge on any atom is 0.416 e. The summed E-state index contributed by atoms with van der Waals surface area (Å²) in [5.74, 6) is -0.528. The molecule has 3 aromatic rings. The van der Waals surface area contributed by atoms with Gasteiger partial charge in [0.1, 0.15) is 4.88 Å². The Balaban J connectivity index is 1.59. The summed E-state index contributed by atoms with van der Waals surface area (Å²) in [4.78, 5) is 27.1. The molecule has 0 aliphatic carbocycles. The van der Waals surface area contributed by atoms with Gasteiger partial charge in [-0.05, 0) is 60.3 Å². The number of ether oxygens (including phenoxy) is 2. The normalized spacial score (nSPS) is 15.1. The summed E-state index contributed by atoms with van der Waals surface area (Å²) in [5.41, 5.74) is -0.271. The third-order valence-electron chi connectivity index (χ3n) is 4.72. The minimum absolute atomic E-state index is 0.0385. The predicted molar refractivity (Wildman–Crippen MR) is 134 cm³/mol. The van der Waals surface area contributed by atoms with Crippen molar-refractivity contribution >= 4 is 63.3 Å². The summed E-state index contributed by atoms with van der Waals surface area (Å²) in [6, 6.07) is 12.6. The van der Waals surface area contributed by atoms with Crippen LogP contribution in [0.4, 0.5) is 18.9 Å². The molecule has 0 unspecified atom stereocenters. The van der Waals surface area contributed by atoms with Gasteiger partial charge in [0.05, 0.1) is 22.8 Å². The molecule has 5 nitrogen and oxygen atoms in total. The number of hydrogen-bond donors (Lipinski definition) is 0. The highest BCUT2D eigenvalue weighted by atomic mass is 32.2. The van der Waals surface area contributed by atoms with E-state index in [-0.39, 0.29) is 20.7 Å². The van der Waals surface area contributed by atoms with Gasteiger partial charge < -0.3 is 9.47 Å². The maximum atomic E-state index is 13.1. The van der Waals surface area contributed by atoms with Gasteiger partial charge in [0.25, 0.3) is 5.91 Å². The van der Waals surface area contributed by atoms with E-state index in [0.717, 1.165) is 28.8 Å². The Labute approximate surface area is 212 Å². The molecule has 0 bridgehead atoms. The van der Waals surface area contributed by atoms with E-state index in [9.17, 15) is 22.8 Å². The van der Waals surface area contributed by atoms with Gasteiger partial charge in [0.2, 0.25) is 0 Å². The number of anilines is 1. The van der Waals surface area contributed by atoms with E-state index < -0.39 is 23.6 Å². The molecule has 180 valence electrons. The number of thioether (sulfide) groups is 1. The Bertz CT molecular complexity index is 1320. The number of benzene rings is 2. The van der Waals surface area contributed by atoms with Crippen LogP contribution in [0.5, 0.6) is 11.5 Å². The van der Waals surface area contributed by atoms with Crippen LogP contribution in [0, 0.1) is 0 Å². The number of carbonyl (C=O) groups is 2. The molecule has 1 aliphatic rings. The first kappa shape index (κ1) is 25.0. The monoisotopic (exact) mass is 535 g/mol. The minimum Gasteiger partial charge on any atom is -0.490 e. The fourth-order valence-electron chi connectivity index (χ4n) is 3.17. The van der Waals surface area contributed by atoms with Gasteiger partial charge in [0.15, 0.2) is 15.8 Å². The van der Waals surface area contributed by atoms with E-state index in [4.69, 9.17) is 21.7 Å². The van der Waals surface area contributed by atoms with E-state index in [2.05, 4.69) is 0 Å². The van der Waals surface area contributed by atoms with Crippen molar-refractivity contribution in [2.75, 3.05) is 11.5 Å². The van der Waals surface area contributed by atoms with Gasteiger partial charge in [-0.1, -0.05) is 42.2 Å². The lowest BCUT2D eigenvalue weighted by atomic mass is 10.1. The number of halogens is 3. The summed E-state index contributed by atoms with van der Waals surface area (Å²) in [6.45, 7) is 2.09. The zero-order valence-electron chi connectivity index (χ0n) is 18.0. The van der Waals surface area contributed by atoms with Crippen molar-refractivity contribution in [2.24, 2.45) is 0 Å². The second-order valence-corrected chi connectivity index (χ2v) is 9.69. The lowest BCUT2D eigenvalue weighted by molar-refractivity contribution is -0.137. The average molecular weight is 536 g/mol. The van der Waals surface area contributed by atoms with Crippen molar-refractivity contribution in [1.29, 1.82) is 0 Å². The lowest BCUT2D eigenvalue weighted by Crippen LogP contribution is -2.27. The van der Waals surface area contributed by atoms with Crippen LogP contribution in [-0.2, 0) is 11.0 Å². The Hall–Kier alpha value is -3.15. The van der Waals surface area contributed by atoms with Crippen LogP contribution in [0.3, 0.4) is 0 Å². The van der Waals surface area contributed by atoms with Crippen molar-refractivity contribution in [2.45, 2.75) is 13.1 Å². The Kier molecular flexibility index (Phi) is 7.29. The standard InChI is InChI=1S/C24H16F3NO4S3/c1-2-31-18-11-14(8-9-17(18)32-22(30)19-7-4-10-34-19)12-20-21(29)28(23(33)35-20)16-6-3-5-15(13-16)24(25,26)27/h3-13H,2H2,1H3/b20-12+. The molecule has 1 amide bonds. The van der Waals surface area contributed by atoms with Crippen molar-refractivity contribution in [3.8, 4) is 11.5 Å². The lowest BCUT2D eigenvalue weighted by Gasteiger charge is -2.16. The van der Waals surface area contributed by atoms with E-state index in [1.165, 1.54) is 23.5 Å². The summed E-state index contributed by atoms with van der Waals surface area (Å²) in [5, 5.41) is 1.76. The summed E-state index contributed by atoms with van der Waals surface area (Å²) < 4.78 is 50.5. The molecule has 0 radical (unpaired) electrons. The van der Waals surface area contributed by atoms with E-state index in [0.29, 0.717) is 22.8 Å². The largest absolute Gasteiger partial charge is 0.490 e. The third kappa shape index (κ3) is 5.58. The number of thiocarbonyl (C=S) groups is 1. The predicted octanol–water partition coefficient (Wildman–Crippen LogP) is 6.79. The summed E-state index contributed by atoms with van der Waals surface area (Å²) >= 11 is 7.50. The number of esters is 1.